The van der Waals surface area contributed by atoms with Gasteiger partial charge in [0.05, 0.1) is 13.2 Å². The average molecular weight is 554 g/mol. The normalized spacial score (nSPS) is 20.0. The summed E-state index contributed by atoms with van der Waals surface area (Å²) >= 11 is 8.63. The Labute approximate surface area is 227 Å². The zero-order valence-electron chi connectivity index (χ0n) is 20.5. The number of pyridine rings is 1. The molecule has 3 aliphatic heterocycles. The van der Waals surface area contributed by atoms with Crippen LogP contribution in [0.3, 0.4) is 0 Å². The van der Waals surface area contributed by atoms with Crippen LogP contribution in [0, 0.1) is 0 Å². The molecule has 2 aromatic carbocycles. The van der Waals surface area contributed by atoms with Gasteiger partial charge in [-0.1, -0.05) is 41.9 Å². The molecule has 1 aromatic heterocycles. The minimum Gasteiger partial charge on any atom is -0.451 e. The van der Waals surface area contributed by atoms with E-state index in [0.717, 1.165) is 27.3 Å². The lowest BCUT2D eigenvalue weighted by molar-refractivity contribution is -0.147. The summed E-state index contributed by atoms with van der Waals surface area (Å²) in [5.74, 6) is -0.366. The van der Waals surface area contributed by atoms with E-state index >= 15 is 0 Å². The van der Waals surface area contributed by atoms with E-state index in [2.05, 4.69) is 18.2 Å². The number of morpholine rings is 1. The van der Waals surface area contributed by atoms with Gasteiger partial charge in [-0.3, -0.25) is 24.1 Å². The number of amides is 1. The highest BCUT2D eigenvalue weighted by molar-refractivity contribution is 7.98. The number of ether oxygens (including phenoxy) is 3. The van der Waals surface area contributed by atoms with E-state index in [1.165, 1.54) is 13.0 Å². The molecule has 0 radical (unpaired) electrons. The predicted molar refractivity (Wildman–Crippen MR) is 141 cm³/mol. The highest BCUT2D eigenvalue weighted by Gasteiger charge is 2.46. The monoisotopic (exact) mass is 553 g/mol. The van der Waals surface area contributed by atoms with Crippen LogP contribution in [-0.4, -0.2) is 54.2 Å². The molecule has 0 bridgehead atoms. The fourth-order valence-electron chi connectivity index (χ4n) is 5.27. The molecule has 0 saturated carbocycles. The minimum atomic E-state index is -0.560. The van der Waals surface area contributed by atoms with E-state index in [9.17, 15) is 14.4 Å². The van der Waals surface area contributed by atoms with Crippen molar-refractivity contribution < 1.29 is 23.8 Å². The molecule has 9 nitrogen and oxygen atoms in total. The van der Waals surface area contributed by atoms with Crippen LogP contribution >= 0.6 is 23.4 Å². The molecular weight excluding hydrogens is 530 g/mol. The summed E-state index contributed by atoms with van der Waals surface area (Å²) in [6.07, 6.45) is 1.11. The maximum atomic E-state index is 13.8. The number of rotatable bonds is 4. The lowest BCUT2D eigenvalue weighted by atomic mass is 9.93. The number of benzene rings is 2. The van der Waals surface area contributed by atoms with E-state index in [0.29, 0.717) is 18.2 Å². The molecule has 11 heteroatoms. The minimum absolute atomic E-state index is 0.0609. The number of carbonyl (C=O) groups excluding carboxylic acids is 2. The van der Waals surface area contributed by atoms with Gasteiger partial charge in [0.2, 0.25) is 18.0 Å². The molecule has 0 aliphatic carbocycles. The van der Waals surface area contributed by atoms with Gasteiger partial charge < -0.3 is 19.1 Å². The molecule has 0 spiro atoms. The first-order valence-corrected chi connectivity index (χ1v) is 13.5. The van der Waals surface area contributed by atoms with E-state index in [1.54, 1.807) is 27.5 Å². The van der Waals surface area contributed by atoms with Crippen LogP contribution in [0.2, 0.25) is 5.02 Å². The van der Waals surface area contributed by atoms with Crippen LogP contribution in [0.4, 0.5) is 0 Å². The van der Waals surface area contributed by atoms with E-state index < -0.39 is 30.4 Å². The highest BCUT2D eigenvalue weighted by Crippen LogP contribution is 2.46. The fraction of sp³-hybridized carbons (Fsp3) is 0.296. The van der Waals surface area contributed by atoms with Crippen molar-refractivity contribution in [2.75, 3.05) is 31.6 Å². The van der Waals surface area contributed by atoms with Gasteiger partial charge in [-0.2, -0.15) is 0 Å². The summed E-state index contributed by atoms with van der Waals surface area (Å²) in [5, 5.41) is 2.66. The maximum absolute atomic E-state index is 13.8. The number of aromatic nitrogens is 1. The van der Waals surface area contributed by atoms with Gasteiger partial charge in [0, 0.05) is 47.0 Å². The van der Waals surface area contributed by atoms with Gasteiger partial charge in [0.25, 0.3) is 5.91 Å². The van der Waals surface area contributed by atoms with Crippen molar-refractivity contribution in [2.24, 2.45) is 0 Å². The zero-order chi connectivity index (χ0) is 26.4. The Morgan fingerprint density at radius 1 is 1.16 bits per heavy atom. The number of hydrogen-bond donors (Lipinski definition) is 0. The largest absolute Gasteiger partial charge is 0.451 e. The van der Waals surface area contributed by atoms with Gasteiger partial charge in [-0.25, -0.2) is 0 Å². The Morgan fingerprint density at radius 2 is 2.00 bits per heavy atom. The third kappa shape index (κ3) is 4.13. The number of carbonyl (C=O) groups is 2. The Balaban J connectivity index is 1.60. The first-order valence-electron chi connectivity index (χ1n) is 12.1. The van der Waals surface area contributed by atoms with Crippen LogP contribution in [-0.2, 0) is 20.0 Å². The molecule has 6 rings (SSSR count). The number of halogens is 1. The molecule has 4 heterocycles. The van der Waals surface area contributed by atoms with Crippen LogP contribution in [0.1, 0.15) is 40.1 Å². The molecule has 3 aliphatic rings. The topological polar surface area (TPSA) is 90.3 Å². The summed E-state index contributed by atoms with van der Waals surface area (Å²) < 4.78 is 18.1. The number of thioether (sulfide) groups is 1. The van der Waals surface area contributed by atoms with Gasteiger partial charge in [-0.15, -0.1) is 11.8 Å². The summed E-state index contributed by atoms with van der Waals surface area (Å²) in [6.45, 7) is 1.73. The lowest BCUT2D eigenvalue weighted by Gasteiger charge is -2.51. The quantitative estimate of drug-likeness (QED) is 0.358. The SMILES string of the molecule is CC(=O)OCOc1c2n(ccc1=O)N([C@@H]1c3ccccc3SCc3cccc(Cl)c31)[C@@H]1COCCN1C2=O. The van der Waals surface area contributed by atoms with E-state index in [4.69, 9.17) is 25.8 Å². The molecule has 1 amide bonds. The first kappa shape index (κ1) is 24.8. The first-order chi connectivity index (χ1) is 18.5. The second-order valence-electron chi connectivity index (χ2n) is 9.08. The summed E-state index contributed by atoms with van der Waals surface area (Å²) in [4.78, 5) is 40.9. The van der Waals surface area contributed by atoms with Crippen molar-refractivity contribution in [3.63, 3.8) is 0 Å². The molecule has 1 saturated heterocycles. The van der Waals surface area contributed by atoms with Crippen LogP contribution in [0.25, 0.3) is 0 Å². The standard InChI is InChI=1S/C27H24ClN3O6S/c1-16(32)36-15-37-26-20(33)9-10-30-25(26)27(34)29-11-12-35-13-22(29)31(30)24-18-6-2-3-8-21(18)38-14-17-5-4-7-19(28)23(17)24/h2-10,22,24H,11-15H2,1H3/t22-,24-/m1/s1. The molecule has 0 unspecified atom stereocenters. The number of fused-ring (bicyclic) bond motifs is 4. The molecule has 196 valence electrons. The summed E-state index contributed by atoms with van der Waals surface area (Å²) in [5.41, 5.74) is 2.61. The zero-order valence-corrected chi connectivity index (χ0v) is 22.0. The molecule has 3 aromatic rings. The molecule has 0 N–H and O–H groups in total. The second-order valence-corrected chi connectivity index (χ2v) is 10.5. The van der Waals surface area contributed by atoms with Gasteiger partial charge in [0.1, 0.15) is 12.2 Å². The van der Waals surface area contributed by atoms with Crippen molar-refractivity contribution >= 4 is 35.2 Å². The second kappa shape index (κ2) is 10.0. The van der Waals surface area contributed by atoms with Crippen molar-refractivity contribution in [1.29, 1.82) is 0 Å². The summed E-state index contributed by atoms with van der Waals surface area (Å²) in [6, 6.07) is 14.9. The van der Waals surface area contributed by atoms with Gasteiger partial charge >= 0.3 is 5.97 Å². The van der Waals surface area contributed by atoms with E-state index in [-0.39, 0.29) is 24.0 Å². The Hall–Kier alpha value is -3.47. The van der Waals surface area contributed by atoms with Crippen LogP contribution < -0.4 is 15.2 Å². The number of nitrogens with zero attached hydrogens (tertiary/aromatic N) is 3. The summed E-state index contributed by atoms with van der Waals surface area (Å²) in [7, 11) is 0. The highest BCUT2D eigenvalue weighted by atomic mass is 35.5. The average Bonchev–Trinajstić information content (AvgIpc) is 3.08. The lowest BCUT2D eigenvalue weighted by Crippen LogP contribution is -2.66. The smallest absolute Gasteiger partial charge is 0.305 e. The van der Waals surface area contributed by atoms with Crippen molar-refractivity contribution in [1.82, 2.24) is 9.58 Å². The van der Waals surface area contributed by atoms with Crippen molar-refractivity contribution in [3.8, 4) is 5.75 Å². The van der Waals surface area contributed by atoms with Crippen molar-refractivity contribution in [2.45, 2.75) is 29.8 Å². The Morgan fingerprint density at radius 3 is 2.84 bits per heavy atom. The number of hydrogen-bond acceptors (Lipinski definition) is 8. The van der Waals surface area contributed by atoms with Crippen LogP contribution in [0.5, 0.6) is 5.75 Å². The predicted octanol–water partition coefficient (Wildman–Crippen LogP) is 3.55. The van der Waals surface area contributed by atoms with Crippen molar-refractivity contribution in [3.05, 3.63) is 92.4 Å². The Kier molecular flexibility index (Phi) is 6.55. The number of esters is 1. The van der Waals surface area contributed by atoms with Gasteiger partial charge in [-0.05, 0) is 23.3 Å². The molecule has 38 heavy (non-hydrogen) atoms. The molecule has 2 atom stereocenters. The van der Waals surface area contributed by atoms with Gasteiger partial charge in [0.15, 0.2) is 5.69 Å². The third-order valence-electron chi connectivity index (χ3n) is 6.90. The molecule has 1 fully saturated rings. The van der Waals surface area contributed by atoms with E-state index in [1.807, 2.05) is 29.3 Å². The Bertz CT molecular complexity index is 1490. The third-order valence-corrected chi connectivity index (χ3v) is 8.37. The maximum Gasteiger partial charge on any atom is 0.305 e. The van der Waals surface area contributed by atoms with Crippen LogP contribution in [0.15, 0.2) is 64.4 Å². The molecular formula is C27H24ClN3O6S. The fourth-order valence-corrected chi connectivity index (χ4v) is 6.65.